The van der Waals surface area contributed by atoms with Gasteiger partial charge in [0, 0.05) is 5.56 Å². The van der Waals surface area contributed by atoms with Crippen LogP contribution in [0.1, 0.15) is 31.0 Å². The molecule has 2 rings (SSSR count). The van der Waals surface area contributed by atoms with Gasteiger partial charge in [0.2, 0.25) is 0 Å². The Hall–Kier alpha value is -1.39. The first-order valence-electron chi connectivity index (χ1n) is 6.90. The molecule has 1 atom stereocenters. The van der Waals surface area contributed by atoms with E-state index in [1.165, 1.54) is 0 Å². The van der Waals surface area contributed by atoms with Gasteiger partial charge in [0.1, 0.15) is 11.6 Å². The predicted molar refractivity (Wildman–Crippen MR) is 87.2 cm³/mol. The summed E-state index contributed by atoms with van der Waals surface area (Å²) in [6.45, 7) is 3.96. The van der Waals surface area contributed by atoms with Crippen molar-refractivity contribution < 1.29 is 9.13 Å². The first kappa shape index (κ1) is 16.0. The van der Waals surface area contributed by atoms with Gasteiger partial charge >= 0.3 is 0 Å². The van der Waals surface area contributed by atoms with E-state index in [1.54, 1.807) is 12.1 Å². The van der Waals surface area contributed by atoms with Crippen molar-refractivity contribution in [3.63, 3.8) is 0 Å². The summed E-state index contributed by atoms with van der Waals surface area (Å²) < 4.78 is 20.5. The van der Waals surface area contributed by atoms with E-state index < -0.39 is 0 Å². The van der Waals surface area contributed by atoms with Crippen molar-refractivity contribution in [1.29, 1.82) is 0 Å². The average Bonchev–Trinajstić information content (AvgIpc) is 2.44. The van der Waals surface area contributed by atoms with E-state index in [0.29, 0.717) is 10.0 Å². The minimum atomic E-state index is -0.243. The maximum absolute atomic E-state index is 14.3. The summed E-state index contributed by atoms with van der Waals surface area (Å²) in [5, 5.41) is 3.17. The van der Waals surface area contributed by atoms with Crippen molar-refractivity contribution in [3.8, 4) is 5.75 Å². The number of hydrogen-bond acceptors (Lipinski definition) is 2. The van der Waals surface area contributed by atoms with E-state index in [0.717, 1.165) is 11.3 Å². The van der Waals surface area contributed by atoms with Gasteiger partial charge in [-0.05, 0) is 60.6 Å². The summed E-state index contributed by atoms with van der Waals surface area (Å²) in [6, 6.07) is 12.8. The monoisotopic (exact) mass is 351 g/mol. The molecular weight excluding hydrogens is 333 g/mol. The van der Waals surface area contributed by atoms with Crippen LogP contribution in [-0.4, -0.2) is 13.2 Å². The van der Waals surface area contributed by atoms with Crippen LogP contribution < -0.4 is 10.1 Å². The zero-order valence-electron chi connectivity index (χ0n) is 12.4. The zero-order chi connectivity index (χ0) is 15.4. The molecule has 112 valence electrons. The van der Waals surface area contributed by atoms with E-state index in [9.17, 15) is 4.39 Å². The molecule has 21 heavy (non-hydrogen) atoms. The minimum Gasteiger partial charge on any atom is -0.491 e. The highest BCUT2D eigenvalue weighted by atomic mass is 79.9. The summed E-state index contributed by atoms with van der Waals surface area (Å²) >= 11 is 3.24. The molecule has 0 radical (unpaired) electrons. The summed E-state index contributed by atoms with van der Waals surface area (Å²) in [6.07, 6.45) is 0.107. The number of benzene rings is 2. The highest BCUT2D eigenvalue weighted by Crippen LogP contribution is 2.29. The van der Waals surface area contributed by atoms with E-state index in [-0.39, 0.29) is 18.0 Å². The van der Waals surface area contributed by atoms with Crippen molar-refractivity contribution in [2.24, 2.45) is 0 Å². The Balaban J connectivity index is 2.39. The molecule has 0 saturated heterocycles. The summed E-state index contributed by atoms with van der Waals surface area (Å²) in [5.74, 6) is 0.546. The summed E-state index contributed by atoms with van der Waals surface area (Å²) in [5.41, 5.74) is 1.57. The summed E-state index contributed by atoms with van der Waals surface area (Å²) in [4.78, 5) is 0. The van der Waals surface area contributed by atoms with Gasteiger partial charge in [0.05, 0.1) is 16.6 Å². The fourth-order valence-electron chi connectivity index (χ4n) is 2.28. The largest absolute Gasteiger partial charge is 0.491 e. The molecule has 0 fully saturated rings. The van der Waals surface area contributed by atoms with Crippen LogP contribution in [0.3, 0.4) is 0 Å². The zero-order valence-corrected chi connectivity index (χ0v) is 13.9. The number of ether oxygens (including phenoxy) is 1. The fourth-order valence-corrected chi connectivity index (χ4v) is 2.67. The van der Waals surface area contributed by atoms with E-state index in [4.69, 9.17) is 4.74 Å². The van der Waals surface area contributed by atoms with Crippen molar-refractivity contribution in [2.75, 3.05) is 7.05 Å². The Bertz CT molecular complexity index is 615. The summed E-state index contributed by atoms with van der Waals surface area (Å²) in [7, 11) is 1.82. The number of halogens is 2. The van der Waals surface area contributed by atoms with Gasteiger partial charge in [-0.1, -0.05) is 24.3 Å². The topological polar surface area (TPSA) is 21.3 Å². The van der Waals surface area contributed by atoms with Gasteiger partial charge in [-0.2, -0.15) is 0 Å². The predicted octanol–water partition coefficient (Wildman–Crippen LogP) is 4.68. The third-order valence-corrected chi connectivity index (χ3v) is 3.76. The van der Waals surface area contributed by atoms with Crippen LogP contribution in [0.5, 0.6) is 5.75 Å². The molecule has 0 aliphatic rings. The molecule has 0 saturated carbocycles. The average molecular weight is 352 g/mol. The minimum absolute atomic E-state index is 0.107. The molecule has 0 bridgehead atoms. The van der Waals surface area contributed by atoms with Crippen molar-refractivity contribution in [2.45, 2.75) is 26.0 Å². The fraction of sp³-hybridized carbons (Fsp3) is 0.294. The Morgan fingerprint density at radius 1 is 1.14 bits per heavy atom. The Labute approximate surface area is 133 Å². The molecule has 1 unspecified atom stereocenters. The first-order chi connectivity index (χ1) is 10.0. The van der Waals surface area contributed by atoms with Crippen LogP contribution in [0.25, 0.3) is 0 Å². The maximum Gasteiger partial charge on any atom is 0.142 e. The van der Waals surface area contributed by atoms with Gasteiger partial charge in [-0.15, -0.1) is 0 Å². The van der Waals surface area contributed by atoms with Crippen molar-refractivity contribution >= 4 is 15.9 Å². The van der Waals surface area contributed by atoms with Crippen LogP contribution in [0.2, 0.25) is 0 Å². The van der Waals surface area contributed by atoms with Gasteiger partial charge in [-0.3, -0.25) is 0 Å². The molecular formula is C17H19BrFNO. The van der Waals surface area contributed by atoms with E-state index >= 15 is 0 Å². The van der Waals surface area contributed by atoms with E-state index in [1.807, 2.05) is 51.2 Å². The Kier molecular flexibility index (Phi) is 5.37. The molecule has 2 aromatic rings. The van der Waals surface area contributed by atoms with Crippen molar-refractivity contribution in [1.82, 2.24) is 5.32 Å². The van der Waals surface area contributed by atoms with Gasteiger partial charge in [-0.25, -0.2) is 4.39 Å². The first-order valence-corrected chi connectivity index (χ1v) is 7.70. The molecule has 0 amide bonds. The number of rotatable bonds is 5. The van der Waals surface area contributed by atoms with Gasteiger partial charge < -0.3 is 10.1 Å². The third kappa shape index (κ3) is 3.83. The highest BCUT2D eigenvalue weighted by Gasteiger charge is 2.18. The lowest BCUT2D eigenvalue weighted by Crippen LogP contribution is -2.19. The Morgan fingerprint density at radius 2 is 1.86 bits per heavy atom. The lowest BCUT2D eigenvalue weighted by Gasteiger charge is -2.20. The second-order valence-corrected chi connectivity index (χ2v) is 5.96. The molecule has 0 aliphatic heterocycles. The smallest absolute Gasteiger partial charge is 0.142 e. The molecule has 2 nitrogen and oxygen atoms in total. The normalized spacial score (nSPS) is 12.5. The Morgan fingerprint density at radius 3 is 2.52 bits per heavy atom. The second kappa shape index (κ2) is 7.05. The van der Waals surface area contributed by atoms with Crippen molar-refractivity contribution in [3.05, 3.63) is 63.9 Å². The molecule has 1 N–H and O–H groups in total. The highest BCUT2D eigenvalue weighted by molar-refractivity contribution is 9.10. The third-order valence-electron chi connectivity index (χ3n) is 3.14. The van der Waals surface area contributed by atoms with Gasteiger partial charge in [0.15, 0.2) is 0 Å². The molecule has 2 aromatic carbocycles. The molecule has 0 spiro atoms. The molecule has 0 aliphatic carbocycles. The van der Waals surface area contributed by atoms with Gasteiger partial charge in [0.25, 0.3) is 0 Å². The van der Waals surface area contributed by atoms with Crippen LogP contribution in [0, 0.1) is 5.82 Å². The maximum atomic E-state index is 14.3. The number of hydrogen-bond donors (Lipinski definition) is 1. The van der Waals surface area contributed by atoms with Crippen LogP contribution in [0.15, 0.2) is 46.9 Å². The quantitative estimate of drug-likeness (QED) is 0.843. The number of nitrogens with one attached hydrogen (secondary N) is 1. The van der Waals surface area contributed by atoms with Crippen LogP contribution in [-0.2, 0) is 0 Å². The van der Waals surface area contributed by atoms with Crippen LogP contribution >= 0.6 is 15.9 Å². The molecule has 4 heteroatoms. The second-order valence-electron chi connectivity index (χ2n) is 5.10. The molecule has 0 aromatic heterocycles. The van der Waals surface area contributed by atoms with E-state index in [2.05, 4.69) is 21.2 Å². The molecule has 0 heterocycles. The lowest BCUT2D eigenvalue weighted by atomic mass is 9.98. The standard InChI is InChI=1S/C17H19BrFNO/c1-11(2)21-13-7-4-6-12(10-13)17(20-3)14-8-5-9-15(18)16(14)19/h4-11,17,20H,1-3H3. The van der Waals surface area contributed by atoms with Crippen LogP contribution in [0.4, 0.5) is 4.39 Å². The SMILES string of the molecule is CNC(c1cccc(OC(C)C)c1)c1cccc(Br)c1F. The lowest BCUT2D eigenvalue weighted by molar-refractivity contribution is 0.242.